The van der Waals surface area contributed by atoms with Gasteiger partial charge >= 0.3 is 0 Å². The molecule has 0 aliphatic heterocycles. The number of halogens is 2. The molecule has 0 atom stereocenters. The first-order valence-corrected chi connectivity index (χ1v) is 11.5. The highest BCUT2D eigenvalue weighted by Gasteiger charge is 2.24. The van der Waals surface area contributed by atoms with Crippen LogP contribution in [-0.4, -0.2) is 31.4 Å². The molecule has 2 aromatic heterocycles. The van der Waals surface area contributed by atoms with Crippen LogP contribution in [0.25, 0.3) is 11.5 Å². The van der Waals surface area contributed by atoms with Gasteiger partial charge in [0.1, 0.15) is 6.26 Å². The fourth-order valence-electron chi connectivity index (χ4n) is 3.10. The van der Waals surface area contributed by atoms with Crippen LogP contribution in [0.1, 0.15) is 16.1 Å². The van der Waals surface area contributed by atoms with E-state index in [4.69, 9.17) is 9.15 Å². The summed E-state index contributed by atoms with van der Waals surface area (Å²) >= 11 is 0. The molecule has 0 aliphatic carbocycles. The summed E-state index contributed by atoms with van der Waals surface area (Å²) in [7, 11) is -3.16. The summed E-state index contributed by atoms with van der Waals surface area (Å²) in [4.78, 5) is 20.3. The van der Waals surface area contributed by atoms with E-state index in [1.807, 2.05) is 6.07 Å². The highest BCUT2D eigenvalue weighted by molar-refractivity contribution is 7.92. The molecule has 12 heteroatoms. The summed E-state index contributed by atoms with van der Waals surface area (Å²) in [6.07, 6.45) is 2.36. The van der Waals surface area contributed by atoms with E-state index in [1.165, 1.54) is 26.5 Å². The van der Waals surface area contributed by atoms with Crippen LogP contribution in [0.5, 0.6) is 5.88 Å². The van der Waals surface area contributed by atoms with Gasteiger partial charge in [0.25, 0.3) is 15.9 Å². The Balaban J connectivity index is 1.60. The van der Waals surface area contributed by atoms with E-state index >= 15 is 0 Å². The lowest BCUT2D eigenvalue weighted by molar-refractivity contribution is 0.102. The third-order valence-electron chi connectivity index (χ3n) is 4.90. The first-order valence-electron chi connectivity index (χ1n) is 10.0. The van der Waals surface area contributed by atoms with Crippen molar-refractivity contribution in [3.63, 3.8) is 0 Å². The minimum atomic E-state index is -4.38. The van der Waals surface area contributed by atoms with Gasteiger partial charge in [-0.1, -0.05) is 18.2 Å². The maximum Gasteiger partial charge on any atom is 0.277 e. The van der Waals surface area contributed by atoms with E-state index in [-0.39, 0.29) is 34.4 Å². The van der Waals surface area contributed by atoms with Gasteiger partial charge in [0.05, 0.1) is 24.7 Å². The van der Waals surface area contributed by atoms with Crippen LogP contribution < -0.4 is 14.8 Å². The summed E-state index contributed by atoms with van der Waals surface area (Å²) in [5.74, 6) is -3.01. The normalized spacial score (nSPS) is 11.2. The topological polar surface area (TPSA) is 123 Å². The molecule has 0 bridgehead atoms. The molecule has 2 aromatic carbocycles. The Hall–Kier alpha value is -4.32. The second kappa shape index (κ2) is 9.50. The molecule has 0 spiro atoms. The molecule has 0 aliphatic rings. The SMILES string of the molecule is COc1ncc(NC(=O)c2coc(-c3ccccc3)n2)cc1S(=O)(=O)Nc1ccc(F)c(F)c1C. The summed E-state index contributed by atoms with van der Waals surface area (Å²) in [6.45, 7) is 1.23. The number of hydrogen-bond donors (Lipinski definition) is 2. The van der Waals surface area contributed by atoms with Crippen LogP contribution in [0, 0.1) is 18.6 Å². The van der Waals surface area contributed by atoms with Crippen LogP contribution in [0.15, 0.2) is 70.3 Å². The van der Waals surface area contributed by atoms with Crippen molar-refractivity contribution < 1.29 is 31.1 Å². The molecule has 0 saturated carbocycles. The minimum Gasteiger partial charge on any atom is -0.480 e. The van der Waals surface area contributed by atoms with Crippen molar-refractivity contribution in [2.45, 2.75) is 11.8 Å². The van der Waals surface area contributed by atoms with Gasteiger partial charge in [-0.25, -0.2) is 27.2 Å². The predicted octanol–water partition coefficient (Wildman–Crippen LogP) is 4.38. The highest BCUT2D eigenvalue weighted by atomic mass is 32.2. The van der Waals surface area contributed by atoms with Crippen molar-refractivity contribution in [2.24, 2.45) is 0 Å². The predicted molar refractivity (Wildman–Crippen MR) is 123 cm³/mol. The smallest absolute Gasteiger partial charge is 0.277 e. The van der Waals surface area contributed by atoms with Crippen molar-refractivity contribution in [1.82, 2.24) is 9.97 Å². The maximum absolute atomic E-state index is 13.9. The van der Waals surface area contributed by atoms with E-state index in [1.54, 1.807) is 24.3 Å². The number of rotatable bonds is 7. The number of pyridine rings is 1. The van der Waals surface area contributed by atoms with Crippen molar-refractivity contribution in [3.8, 4) is 17.3 Å². The number of nitrogens with one attached hydrogen (secondary N) is 2. The van der Waals surface area contributed by atoms with E-state index in [0.29, 0.717) is 5.56 Å². The zero-order valence-corrected chi connectivity index (χ0v) is 19.2. The van der Waals surface area contributed by atoms with Gasteiger partial charge in [-0.15, -0.1) is 0 Å². The zero-order chi connectivity index (χ0) is 25.2. The van der Waals surface area contributed by atoms with E-state index in [2.05, 4.69) is 20.0 Å². The largest absolute Gasteiger partial charge is 0.480 e. The average Bonchev–Trinajstić information content (AvgIpc) is 3.36. The fraction of sp³-hybridized carbons (Fsp3) is 0.0870. The molecule has 180 valence electrons. The molecule has 4 aromatic rings. The number of amides is 1. The Morgan fingerprint density at radius 3 is 2.57 bits per heavy atom. The lowest BCUT2D eigenvalue weighted by Crippen LogP contribution is -2.17. The molecule has 0 unspecified atom stereocenters. The number of aromatic nitrogens is 2. The number of benzene rings is 2. The number of oxazole rings is 1. The van der Waals surface area contributed by atoms with Crippen molar-refractivity contribution in [1.29, 1.82) is 0 Å². The number of hydrogen-bond acceptors (Lipinski definition) is 7. The van der Waals surface area contributed by atoms with Gasteiger partial charge in [-0.2, -0.15) is 0 Å². The van der Waals surface area contributed by atoms with Crippen LogP contribution >= 0.6 is 0 Å². The van der Waals surface area contributed by atoms with Crippen molar-refractivity contribution in [2.75, 3.05) is 17.1 Å². The van der Waals surface area contributed by atoms with Crippen molar-refractivity contribution in [3.05, 3.63) is 83.9 Å². The van der Waals surface area contributed by atoms with Crippen LogP contribution in [0.4, 0.5) is 20.2 Å². The van der Waals surface area contributed by atoms with Crippen LogP contribution in [-0.2, 0) is 10.0 Å². The first kappa shape index (κ1) is 23.8. The summed E-state index contributed by atoms with van der Waals surface area (Å²) in [6, 6.07) is 11.9. The van der Waals surface area contributed by atoms with Gasteiger partial charge in [0.15, 0.2) is 22.2 Å². The van der Waals surface area contributed by atoms with Crippen molar-refractivity contribution >= 4 is 27.3 Å². The highest BCUT2D eigenvalue weighted by Crippen LogP contribution is 2.29. The third-order valence-corrected chi connectivity index (χ3v) is 6.26. The molecule has 9 nitrogen and oxygen atoms in total. The quantitative estimate of drug-likeness (QED) is 0.386. The van der Waals surface area contributed by atoms with Gasteiger partial charge < -0.3 is 14.5 Å². The molecular formula is C23H18F2N4O5S. The third kappa shape index (κ3) is 4.96. The molecule has 35 heavy (non-hydrogen) atoms. The zero-order valence-electron chi connectivity index (χ0n) is 18.4. The lowest BCUT2D eigenvalue weighted by Gasteiger charge is -2.14. The summed E-state index contributed by atoms with van der Waals surface area (Å²) in [5, 5.41) is 2.50. The summed E-state index contributed by atoms with van der Waals surface area (Å²) in [5.41, 5.74) is 0.244. The van der Waals surface area contributed by atoms with Crippen LogP contribution in [0.3, 0.4) is 0 Å². The Kier molecular flexibility index (Phi) is 6.47. The number of methoxy groups -OCH3 is 1. The van der Waals surface area contributed by atoms with Gasteiger partial charge in [-0.05, 0) is 37.3 Å². The van der Waals surface area contributed by atoms with Gasteiger partial charge in [0, 0.05) is 11.1 Å². The van der Waals surface area contributed by atoms with E-state index in [0.717, 1.165) is 18.2 Å². The van der Waals surface area contributed by atoms with E-state index < -0.39 is 32.5 Å². The molecule has 4 rings (SSSR count). The molecule has 0 radical (unpaired) electrons. The van der Waals surface area contributed by atoms with Gasteiger partial charge in [0.2, 0.25) is 11.8 Å². The molecule has 2 N–H and O–H groups in total. The first-order chi connectivity index (χ1) is 16.7. The fourth-order valence-corrected chi connectivity index (χ4v) is 4.36. The number of carbonyl (C=O) groups is 1. The molecule has 0 fully saturated rings. The molecule has 1 amide bonds. The number of carbonyl (C=O) groups excluding carboxylic acids is 1. The Bertz CT molecular complexity index is 1510. The number of sulfonamides is 1. The number of ether oxygens (including phenoxy) is 1. The molecule has 0 saturated heterocycles. The monoisotopic (exact) mass is 500 g/mol. The number of nitrogens with zero attached hydrogens (tertiary/aromatic N) is 2. The standard InChI is InChI=1S/C23H18F2N4O5S/c1-13-17(9-8-16(24)20(13)25)29-35(31,32)19-10-15(11-26-23(19)33-2)27-21(30)18-12-34-22(28-18)14-6-4-3-5-7-14/h3-12,29H,1-2H3,(H,27,30). The minimum absolute atomic E-state index is 0.0162. The van der Waals surface area contributed by atoms with E-state index in [9.17, 15) is 22.0 Å². The summed E-state index contributed by atoms with van der Waals surface area (Å²) < 4.78 is 65.9. The van der Waals surface area contributed by atoms with Gasteiger partial charge in [-0.3, -0.25) is 9.52 Å². The van der Waals surface area contributed by atoms with Crippen LogP contribution in [0.2, 0.25) is 0 Å². The lowest BCUT2D eigenvalue weighted by atomic mass is 10.2. The molecular weight excluding hydrogens is 482 g/mol. The number of anilines is 2. The maximum atomic E-state index is 13.9. The Labute approximate surface area is 198 Å². The second-order valence-electron chi connectivity index (χ2n) is 7.23. The average molecular weight is 500 g/mol. The molecule has 2 heterocycles. The second-order valence-corrected chi connectivity index (χ2v) is 8.88. The Morgan fingerprint density at radius 2 is 1.86 bits per heavy atom. The Morgan fingerprint density at radius 1 is 1.11 bits per heavy atom.